The van der Waals surface area contributed by atoms with E-state index in [2.05, 4.69) is 27.0 Å². The minimum Gasteiger partial charge on any atom is -0.345 e. The van der Waals surface area contributed by atoms with Gasteiger partial charge in [0.2, 0.25) is 11.0 Å². The summed E-state index contributed by atoms with van der Waals surface area (Å²) in [4.78, 5) is 18.9. The number of rotatable bonds is 2. The molecule has 2 saturated heterocycles. The average Bonchev–Trinajstić information content (AvgIpc) is 3.22. The van der Waals surface area contributed by atoms with E-state index in [4.69, 9.17) is 0 Å². The lowest BCUT2D eigenvalue weighted by molar-refractivity contribution is -0.123. The number of hydrogen-bond acceptors (Lipinski definition) is 6. The summed E-state index contributed by atoms with van der Waals surface area (Å²) in [6.45, 7) is 3.02. The second kappa shape index (κ2) is 5.58. The zero-order valence-corrected chi connectivity index (χ0v) is 13.9. The van der Waals surface area contributed by atoms with Crippen molar-refractivity contribution in [2.75, 3.05) is 43.0 Å². The topological polar surface area (TPSA) is 52.6 Å². The van der Waals surface area contributed by atoms with E-state index >= 15 is 0 Å². The molecule has 3 heterocycles. The molecule has 2 aromatic rings. The van der Waals surface area contributed by atoms with Crippen LogP contribution in [0, 0.1) is 0 Å². The van der Waals surface area contributed by atoms with Crippen molar-refractivity contribution in [3.8, 4) is 0 Å². The van der Waals surface area contributed by atoms with Crippen molar-refractivity contribution in [3.05, 3.63) is 35.8 Å². The maximum Gasteiger partial charge on any atom is 0.241 e. The zero-order chi connectivity index (χ0) is 15.9. The second-order valence-electron chi connectivity index (χ2n) is 6.29. The van der Waals surface area contributed by atoms with Gasteiger partial charge in [-0.05, 0) is 25.6 Å². The van der Waals surface area contributed by atoms with Gasteiger partial charge in [-0.25, -0.2) is 0 Å². The van der Waals surface area contributed by atoms with E-state index in [1.165, 1.54) is 0 Å². The predicted molar refractivity (Wildman–Crippen MR) is 90.9 cm³/mol. The van der Waals surface area contributed by atoms with Crippen LogP contribution in [0.2, 0.25) is 0 Å². The number of piperazine rings is 1. The first kappa shape index (κ1) is 14.6. The van der Waals surface area contributed by atoms with Crippen LogP contribution in [0.15, 0.2) is 35.8 Å². The number of nitrogens with zero attached hydrogens (tertiary/aromatic N) is 5. The summed E-state index contributed by atoms with van der Waals surface area (Å²) >= 11 is 1.57. The highest BCUT2D eigenvalue weighted by atomic mass is 32.1. The van der Waals surface area contributed by atoms with E-state index in [-0.39, 0.29) is 11.4 Å². The molecule has 2 fully saturated rings. The van der Waals surface area contributed by atoms with E-state index in [0.29, 0.717) is 6.54 Å². The van der Waals surface area contributed by atoms with E-state index in [9.17, 15) is 4.79 Å². The minimum atomic E-state index is -0.0184. The number of carbonyl (C=O) groups is 1. The number of para-hydroxylation sites is 1. The molecule has 1 atom stereocenters. The van der Waals surface area contributed by atoms with Gasteiger partial charge in [-0.15, -0.1) is 10.2 Å². The molecule has 23 heavy (non-hydrogen) atoms. The maximum absolute atomic E-state index is 12.5. The lowest BCUT2D eigenvalue weighted by Gasteiger charge is -2.46. The summed E-state index contributed by atoms with van der Waals surface area (Å²) < 4.78 is 0. The zero-order valence-electron chi connectivity index (χ0n) is 13.1. The van der Waals surface area contributed by atoms with Crippen LogP contribution in [0.5, 0.6) is 0 Å². The van der Waals surface area contributed by atoms with Crippen molar-refractivity contribution in [1.82, 2.24) is 15.1 Å². The van der Waals surface area contributed by atoms with Gasteiger partial charge in [0.1, 0.15) is 5.51 Å². The number of carbonyl (C=O) groups excluding carboxylic acids is 1. The smallest absolute Gasteiger partial charge is 0.241 e. The Morgan fingerprint density at radius 3 is 2.78 bits per heavy atom. The Hall–Kier alpha value is -1.99. The second-order valence-corrected chi connectivity index (χ2v) is 7.10. The predicted octanol–water partition coefficient (Wildman–Crippen LogP) is 1.47. The summed E-state index contributed by atoms with van der Waals surface area (Å²) in [5, 5.41) is 9.10. The fraction of sp³-hybridized carbons (Fsp3) is 0.438. The van der Waals surface area contributed by atoms with Crippen LogP contribution < -0.4 is 9.80 Å². The van der Waals surface area contributed by atoms with Crippen LogP contribution in [-0.4, -0.2) is 59.8 Å². The highest BCUT2D eigenvalue weighted by Crippen LogP contribution is 2.35. The Morgan fingerprint density at radius 2 is 2.04 bits per heavy atom. The Balaban J connectivity index is 1.60. The van der Waals surface area contributed by atoms with E-state index in [1.54, 1.807) is 16.8 Å². The number of benzene rings is 1. The molecule has 1 amide bonds. The molecule has 6 nitrogen and oxygen atoms in total. The van der Waals surface area contributed by atoms with Gasteiger partial charge in [-0.2, -0.15) is 0 Å². The summed E-state index contributed by atoms with van der Waals surface area (Å²) in [5.74, 6) is 0.165. The van der Waals surface area contributed by atoms with E-state index in [0.717, 1.165) is 36.9 Å². The number of likely N-dealkylation sites (N-methyl/N-ethyl adjacent to an activating group) is 1. The first-order valence-electron chi connectivity index (χ1n) is 7.76. The van der Waals surface area contributed by atoms with E-state index in [1.807, 2.05) is 35.2 Å². The molecular weight excluding hydrogens is 310 g/mol. The average molecular weight is 329 g/mol. The quantitative estimate of drug-likeness (QED) is 0.835. The Bertz CT molecular complexity index is 692. The number of hydrogen-bond donors (Lipinski definition) is 0. The van der Waals surface area contributed by atoms with Gasteiger partial charge < -0.3 is 9.80 Å². The summed E-state index contributed by atoms with van der Waals surface area (Å²) in [6, 6.07) is 9.96. The molecule has 1 aromatic heterocycles. The van der Waals surface area contributed by atoms with Crippen molar-refractivity contribution in [2.45, 2.75) is 12.0 Å². The van der Waals surface area contributed by atoms with Gasteiger partial charge in [-0.1, -0.05) is 29.5 Å². The van der Waals surface area contributed by atoms with Crippen LogP contribution in [0.25, 0.3) is 0 Å². The summed E-state index contributed by atoms with van der Waals surface area (Å²) in [7, 11) is 2.06. The van der Waals surface area contributed by atoms with Crippen LogP contribution >= 0.6 is 11.3 Å². The third-order valence-electron chi connectivity index (χ3n) is 4.95. The van der Waals surface area contributed by atoms with Crippen molar-refractivity contribution < 1.29 is 4.79 Å². The third-order valence-corrected chi connectivity index (χ3v) is 5.71. The molecule has 0 saturated carbocycles. The number of amides is 1. The normalized spacial score (nSPS) is 25.5. The van der Waals surface area contributed by atoms with Gasteiger partial charge in [0, 0.05) is 25.3 Å². The first-order valence-corrected chi connectivity index (χ1v) is 8.64. The van der Waals surface area contributed by atoms with Gasteiger partial charge in [-0.3, -0.25) is 9.69 Å². The highest BCUT2D eigenvalue weighted by molar-refractivity contribution is 7.13. The van der Waals surface area contributed by atoms with Crippen molar-refractivity contribution >= 4 is 28.1 Å². The van der Waals surface area contributed by atoms with Crippen LogP contribution in [0.4, 0.5) is 10.8 Å². The molecule has 0 bridgehead atoms. The Morgan fingerprint density at radius 1 is 1.22 bits per heavy atom. The lowest BCUT2D eigenvalue weighted by Crippen LogP contribution is -2.64. The van der Waals surface area contributed by atoms with Gasteiger partial charge in [0.25, 0.3) is 0 Å². The highest BCUT2D eigenvalue weighted by Gasteiger charge is 2.48. The molecule has 0 radical (unpaired) electrons. The fourth-order valence-electron chi connectivity index (χ4n) is 3.57. The molecule has 4 rings (SSSR count). The third kappa shape index (κ3) is 2.49. The van der Waals surface area contributed by atoms with Gasteiger partial charge in [0.05, 0.1) is 12.1 Å². The van der Waals surface area contributed by atoms with Crippen LogP contribution in [-0.2, 0) is 4.79 Å². The fourth-order valence-corrected chi connectivity index (χ4v) is 4.16. The van der Waals surface area contributed by atoms with Gasteiger partial charge >= 0.3 is 0 Å². The van der Waals surface area contributed by atoms with E-state index < -0.39 is 0 Å². The SMILES string of the molecule is CN1CC(=O)N(c2ccccc2)CC12CCN(c1nncs1)C2. The molecule has 120 valence electrons. The number of anilines is 2. The summed E-state index contributed by atoms with van der Waals surface area (Å²) in [5.41, 5.74) is 2.74. The largest absolute Gasteiger partial charge is 0.345 e. The molecule has 1 unspecified atom stereocenters. The van der Waals surface area contributed by atoms with Crippen LogP contribution in [0.3, 0.4) is 0 Å². The van der Waals surface area contributed by atoms with Crippen LogP contribution in [0.1, 0.15) is 6.42 Å². The molecule has 1 aromatic carbocycles. The summed E-state index contributed by atoms with van der Waals surface area (Å²) in [6.07, 6.45) is 1.03. The van der Waals surface area contributed by atoms with Gasteiger partial charge in [0.15, 0.2) is 0 Å². The molecule has 2 aliphatic rings. The molecule has 7 heteroatoms. The Kier molecular flexibility index (Phi) is 3.54. The maximum atomic E-state index is 12.5. The van der Waals surface area contributed by atoms with Crippen molar-refractivity contribution in [2.24, 2.45) is 0 Å². The molecule has 2 aliphatic heterocycles. The van der Waals surface area contributed by atoms with Crippen molar-refractivity contribution in [3.63, 3.8) is 0 Å². The van der Waals surface area contributed by atoms with Crippen molar-refractivity contribution in [1.29, 1.82) is 0 Å². The number of aromatic nitrogens is 2. The first-order chi connectivity index (χ1) is 11.2. The lowest BCUT2D eigenvalue weighted by atomic mass is 9.92. The molecule has 1 spiro atoms. The standard InChI is InChI=1S/C16H19N5OS/c1-19-9-14(22)21(13-5-3-2-4-6-13)11-16(19)7-8-20(10-16)15-18-17-12-23-15/h2-6,12H,7-11H2,1H3. The Labute approximate surface area is 139 Å². The molecule has 0 N–H and O–H groups in total. The molecule has 0 aliphatic carbocycles. The minimum absolute atomic E-state index is 0.0184. The monoisotopic (exact) mass is 329 g/mol. The molecular formula is C16H19N5OS.